The molecule has 0 saturated heterocycles. The largest absolute Gasteiger partial charge is 0.461 e. The van der Waals surface area contributed by atoms with Gasteiger partial charge >= 0.3 is 5.97 Å². The zero-order valence-corrected chi connectivity index (χ0v) is 11.0. The highest BCUT2D eigenvalue weighted by atomic mass is 35.5. The van der Waals surface area contributed by atoms with Gasteiger partial charge in [-0.25, -0.2) is 4.79 Å². The number of rotatable bonds is 3. The van der Waals surface area contributed by atoms with Crippen molar-refractivity contribution in [3.63, 3.8) is 0 Å². The van der Waals surface area contributed by atoms with Crippen LogP contribution in [0.25, 0.3) is 11.3 Å². The van der Waals surface area contributed by atoms with E-state index in [0.29, 0.717) is 21.4 Å². The van der Waals surface area contributed by atoms with Crippen molar-refractivity contribution in [2.75, 3.05) is 6.61 Å². The lowest BCUT2D eigenvalue weighted by Crippen LogP contribution is -2.04. The number of carbonyl (C=O) groups is 1. The highest BCUT2D eigenvalue weighted by molar-refractivity contribution is 6.36. The lowest BCUT2D eigenvalue weighted by molar-refractivity contribution is 0.0514. The summed E-state index contributed by atoms with van der Waals surface area (Å²) in [6.07, 6.45) is 0. The molecule has 0 aliphatic carbocycles. The summed E-state index contributed by atoms with van der Waals surface area (Å²) < 4.78 is 9.87. The first-order valence-electron chi connectivity index (χ1n) is 5.21. The third-order valence-electron chi connectivity index (χ3n) is 2.19. The fraction of sp³-hybridized carbons (Fsp3) is 0.167. The third kappa shape index (κ3) is 2.66. The minimum atomic E-state index is -0.530. The molecule has 2 rings (SSSR count). The summed E-state index contributed by atoms with van der Waals surface area (Å²) in [7, 11) is 0. The van der Waals surface area contributed by atoms with Crippen molar-refractivity contribution in [2.24, 2.45) is 0 Å². The highest BCUT2D eigenvalue weighted by Crippen LogP contribution is 2.30. The quantitative estimate of drug-likeness (QED) is 0.805. The minimum absolute atomic E-state index is 0.109. The number of hydrogen-bond acceptors (Lipinski definition) is 4. The Kier molecular flexibility index (Phi) is 3.89. The van der Waals surface area contributed by atoms with Crippen molar-refractivity contribution in [1.82, 2.24) is 5.16 Å². The average Bonchev–Trinajstić information content (AvgIpc) is 2.78. The van der Waals surface area contributed by atoms with Crippen LogP contribution in [0.3, 0.4) is 0 Å². The van der Waals surface area contributed by atoms with Gasteiger partial charge in [-0.1, -0.05) is 28.4 Å². The van der Waals surface area contributed by atoms with E-state index in [-0.39, 0.29) is 12.3 Å². The van der Waals surface area contributed by atoms with E-state index in [4.69, 9.17) is 32.5 Å². The number of benzene rings is 1. The predicted molar refractivity (Wildman–Crippen MR) is 67.9 cm³/mol. The van der Waals surface area contributed by atoms with Gasteiger partial charge in [0, 0.05) is 16.7 Å². The Morgan fingerprint density at radius 3 is 2.83 bits per heavy atom. The molecule has 0 N–H and O–H groups in total. The van der Waals surface area contributed by atoms with Crippen molar-refractivity contribution < 1.29 is 14.1 Å². The van der Waals surface area contributed by atoms with Gasteiger partial charge in [0.2, 0.25) is 0 Å². The van der Waals surface area contributed by atoms with Gasteiger partial charge in [0.15, 0.2) is 11.5 Å². The Hall–Kier alpha value is -1.52. The molecule has 0 bridgehead atoms. The number of ether oxygens (including phenoxy) is 1. The molecule has 1 heterocycles. The third-order valence-corrected chi connectivity index (χ3v) is 2.74. The van der Waals surface area contributed by atoms with Gasteiger partial charge in [-0.05, 0) is 25.1 Å². The van der Waals surface area contributed by atoms with Gasteiger partial charge in [0.05, 0.1) is 11.6 Å². The topological polar surface area (TPSA) is 52.3 Å². The molecular weight excluding hydrogens is 277 g/mol. The summed E-state index contributed by atoms with van der Waals surface area (Å²) in [6.45, 7) is 2.00. The van der Waals surface area contributed by atoms with Crippen LogP contribution in [-0.2, 0) is 4.74 Å². The molecule has 0 unspecified atom stereocenters. The molecular formula is C12H9Cl2NO3. The Bertz CT molecular complexity index is 580. The van der Waals surface area contributed by atoms with Crippen LogP contribution in [0.15, 0.2) is 28.8 Å². The van der Waals surface area contributed by atoms with E-state index in [0.717, 1.165) is 0 Å². The number of halogens is 2. The zero-order valence-electron chi connectivity index (χ0n) is 9.44. The van der Waals surface area contributed by atoms with E-state index in [1.54, 1.807) is 25.1 Å². The molecule has 0 spiro atoms. The maximum atomic E-state index is 11.4. The van der Waals surface area contributed by atoms with Crippen LogP contribution >= 0.6 is 23.2 Å². The van der Waals surface area contributed by atoms with Crippen LogP contribution in [-0.4, -0.2) is 17.7 Å². The lowest BCUT2D eigenvalue weighted by Gasteiger charge is -1.99. The fourth-order valence-electron chi connectivity index (χ4n) is 1.39. The molecule has 0 saturated carbocycles. The van der Waals surface area contributed by atoms with Crippen LogP contribution in [0.5, 0.6) is 0 Å². The van der Waals surface area contributed by atoms with Gasteiger partial charge in [0.25, 0.3) is 0 Å². The number of nitrogens with zero attached hydrogens (tertiary/aromatic N) is 1. The standard InChI is InChI=1S/C12H9Cl2NO3/c1-2-17-12(16)10-6-11(18-15-10)8-4-3-7(13)5-9(8)14/h3-6H,2H2,1H3. The Morgan fingerprint density at radius 2 is 2.17 bits per heavy atom. The first kappa shape index (κ1) is 12.9. The van der Waals surface area contributed by atoms with E-state index in [1.165, 1.54) is 6.07 Å². The summed E-state index contributed by atoms with van der Waals surface area (Å²) in [4.78, 5) is 11.4. The van der Waals surface area contributed by atoms with Crippen molar-refractivity contribution in [3.8, 4) is 11.3 Å². The SMILES string of the molecule is CCOC(=O)c1cc(-c2ccc(Cl)cc2Cl)on1. The predicted octanol–water partition coefficient (Wildman–Crippen LogP) is 3.83. The van der Waals surface area contributed by atoms with E-state index in [1.807, 2.05) is 0 Å². The van der Waals surface area contributed by atoms with Crippen LogP contribution in [0.4, 0.5) is 0 Å². The maximum Gasteiger partial charge on any atom is 0.360 e. The first-order chi connectivity index (χ1) is 8.61. The van der Waals surface area contributed by atoms with Crippen molar-refractivity contribution in [2.45, 2.75) is 6.92 Å². The monoisotopic (exact) mass is 285 g/mol. The van der Waals surface area contributed by atoms with Crippen molar-refractivity contribution >= 4 is 29.2 Å². The van der Waals surface area contributed by atoms with E-state index < -0.39 is 5.97 Å². The second-order valence-electron chi connectivity index (χ2n) is 3.42. The van der Waals surface area contributed by atoms with Crippen molar-refractivity contribution in [3.05, 3.63) is 40.0 Å². The molecule has 1 aromatic carbocycles. The van der Waals surface area contributed by atoms with E-state index in [9.17, 15) is 4.79 Å². The molecule has 0 atom stereocenters. The van der Waals surface area contributed by atoms with Crippen LogP contribution in [0.2, 0.25) is 10.0 Å². The van der Waals surface area contributed by atoms with Crippen LogP contribution in [0, 0.1) is 0 Å². The van der Waals surface area contributed by atoms with Gasteiger partial charge < -0.3 is 9.26 Å². The number of carbonyl (C=O) groups excluding carboxylic acids is 1. The van der Waals surface area contributed by atoms with Gasteiger partial charge in [-0.2, -0.15) is 0 Å². The minimum Gasteiger partial charge on any atom is -0.461 e. The summed E-state index contributed by atoms with van der Waals surface area (Å²) in [5.41, 5.74) is 0.724. The second-order valence-corrected chi connectivity index (χ2v) is 4.26. The summed E-state index contributed by atoms with van der Waals surface area (Å²) in [5.74, 6) is -0.141. The van der Waals surface area contributed by atoms with E-state index >= 15 is 0 Å². The number of aromatic nitrogens is 1. The number of esters is 1. The van der Waals surface area contributed by atoms with Gasteiger partial charge in [0.1, 0.15) is 0 Å². The Morgan fingerprint density at radius 1 is 1.39 bits per heavy atom. The van der Waals surface area contributed by atoms with Crippen LogP contribution < -0.4 is 0 Å². The van der Waals surface area contributed by atoms with Gasteiger partial charge in [-0.3, -0.25) is 0 Å². The molecule has 18 heavy (non-hydrogen) atoms. The van der Waals surface area contributed by atoms with Crippen LogP contribution in [0.1, 0.15) is 17.4 Å². The Balaban J connectivity index is 2.32. The molecule has 0 aliphatic heterocycles. The van der Waals surface area contributed by atoms with Gasteiger partial charge in [-0.15, -0.1) is 0 Å². The summed E-state index contributed by atoms with van der Waals surface area (Å²) in [5, 5.41) is 4.58. The summed E-state index contributed by atoms with van der Waals surface area (Å²) in [6, 6.07) is 6.44. The highest BCUT2D eigenvalue weighted by Gasteiger charge is 2.16. The average molecular weight is 286 g/mol. The Labute approximate surface area is 113 Å². The molecule has 4 nitrogen and oxygen atoms in total. The summed E-state index contributed by atoms with van der Waals surface area (Å²) >= 11 is 11.8. The second kappa shape index (κ2) is 5.42. The molecule has 6 heteroatoms. The number of hydrogen-bond donors (Lipinski definition) is 0. The molecule has 0 radical (unpaired) electrons. The molecule has 0 amide bonds. The molecule has 0 fully saturated rings. The van der Waals surface area contributed by atoms with Crippen molar-refractivity contribution in [1.29, 1.82) is 0 Å². The smallest absolute Gasteiger partial charge is 0.360 e. The zero-order chi connectivity index (χ0) is 13.1. The molecule has 2 aromatic rings. The maximum absolute atomic E-state index is 11.4. The van der Waals surface area contributed by atoms with E-state index in [2.05, 4.69) is 5.16 Å². The molecule has 0 aliphatic rings. The lowest BCUT2D eigenvalue weighted by atomic mass is 10.1. The normalized spacial score (nSPS) is 10.4. The fourth-order valence-corrected chi connectivity index (χ4v) is 1.89. The molecule has 1 aromatic heterocycles. The first-order valence-corrected chi connectivity index (χ1v) is 5.96. The molecule has 94 valence electrons.